The summed E-state index contributed by atoms with van der Waals surface area (Å²) in [5, 5.41) is 5.48. The lowest BCUT2D eigenvalue weighted by molar-refractivity contribution is -0.119. The molecule has 0 spiro atoms. The second kappa shape index (κ2) is 11.3. The zero-order chi connectivity index (χ0) is 18.9. The summed E-state index contributed by atoms with van der Waals surface area (Å²) in [5.41, 5.74) is 6.82. The maximum absolute atomic E-state index is 13.7. The quantitative estimate of drug-likeness (QED) is 0.644. The number of anilines is 1. The van der Waals surface area contributed by atoms with E-state index in [1.165, 1.54) is 6.07 Å². The highest BCUT2D eigenvalue weighted by Gasteiger charge is 2.17. The Kier molecular flexibility index (Phi) is 9.47. The summed E-state index contributed by atoms with van der Waals surface area (Å²) in [6, 6.07) is 13.4. The predicted molar refractivity (Wildman–Crippen MR) is 108 cm³/mol. The Labute approximate surface area is 164 Å². The molecule has 2 rings (SSSR count). The maximum Gasteiger partial charge on any atom is 0.253 e. The second-order valence-electron chi connectivity index (χ2n) is 6.11. The normalized spacial score (nSPS) is 11.2. The minimum Gasteiger partial charge on any atom is -0.351 e. The molecule has 0 bridgehead atoms. The van der Waals surface area contributed by atoms with Crippen LogP contribution in [0.5, 0.6) is 0 Å². The number of nitrogens with two attached hydrogens (primary N) is 1. The van der Waals surface area contributed by atoms with Crippen LogP contribution in [-0.2, 0) is 11.2 Å². The molecular formula is C20H25ClFN3O2. The summed E-state index contributed by atoms with van der Waals surface area (Å²) < 4.78 is 13.7. The molecular weight excluding hydrogens is 369 g/mol. The van der Waals surface area contributed by atoms with Gasteiger partial charge in [0.05, 0.1) is 11.3 Å². The van der Waals surface area contributed by atoms with Crippen molar-refractivity contribution >= 4 is 29.9 Å². The summed E-state index contributed by atoms with van der Waals surface area (Å²) in [6.45, 7) is 2.49. The third-order valence-corrected chi connectivity index (χ3v) is 4.11. The van der Waals surface area contributed by atoms with Crippen LogP contribution in [-0.4, -0.2) is 24.9 Å². The summed E-state index contributed by atoms with van der Waals surface area (Å²) in [6.07, 6.45) is 0.980. The Morgan fingerprint density at radius 3 is 2.48 bits per heavy atom. The molecule has 4 N–H and O–H groups in total. The molecule has 0 heterocycles. The lowest BCUT2D eigenvalue weighted by atomic mass is 9.99. The fourth-order valence-electron chi connectivity index (χ4n) is 2.53. The highest BCUT2D eigenvalue weighted by atomic mass is 35.5. The monoisotopic (exact) mass is 393 g/mol. The van der Waals surface area contributed by atoms with E-state index in [0.29, 0.717) is 42.7 Å². The molecule has 0 aliphatic heterocycles. The number of benzene rings is 2. The van der Waals surface area contributed by atoms with Gasteiger partial charge in [-0.3, -0.25) is 9.59 Å². The summed E-state index contributed by atoms with van der Waals surface area (Å²) in [5.74, 6) is -1.08. The van der Waals surface area contributed by atoms with Gasteiger partial charge in [-0.05, 0) is 36.6 Å². The summed E-state index contributed by atoms with van der Waals surface area (Å²) in [4.78, 5) is 24.6. The molecule has 146 valence electrons. The Morgan fingerprint density at radius 2 is 1.78 bits per heavy atom. The van der Waals surface area contributed by atoms with Gasteiger partial charge < -0.3 is 16.4 Å². The molecule has 1 unspecified atom stereocenters. The fourth-order valence-corrected chi connectivity index (χ4v) is 2.53. The van der Waals surface area contributed by atoms with E-state index in [9.17, 15) is 14.0 Å². The number of amides is 2. The number of para-hydroxylation sites is 1. The van der Waals surface area contributed by atoms with E-state index in [1.54, 1.807) is 49.4 Å². The number of rotatable bonds is 8. The molecule has 1 atom stereocenters. The first-order valence-corrected chi connectivity index (χ1v) is 8.64. The van der Waals surface area contributed by atoms with Crippen LogP contribution in [0.1, 0.15) is 29.3 Å². The van der Waals surface area contributed by atoms with Crippen LogP contribution in [0.2, 0.25) is 0 Å². The number of carbonyl (C=O) groups is 2. The standard InChI is InChI=1S/C20H24FN3O2.ClH/c1-14(10-11-15-6-2-4-8-17(15)21)19(25)24-18-9-5-3-7-16(18)20(26)23-13-12-22;/h2-9,14H,10-13,22H2,1H3,(H,23,26)(H,24,25);1H. The van der Waals surface area contributed by atoms with E-state index in [4.69, 9.17) is 5.73 Å². The minimum absolute atomic E-state index is 0. The first kappa shape index (κ1) is 22.6. The van der Waals surface area contributed by atoms with E-state index >= 15 is 0 Å². The minimum atomic E-state index is -0.324. The van der Waals surface area contributed by atoms with Gasteiger partial charge in [0.15, 0.2) is 0 Å². The van der Waals surface area contributed by atoms with Gasteiger partial charge in [0, 0.05) is 19.0 Å². The van der Waals surface area contributed by atoms with Crippen LogP contribution < -0.4 is 16.4 Å². The molecule has 0 aliphatic rings. The molecule has 2 aromatic rings. The van der Waals surface area contributed by atoms with Crippen molar-refractivity contribution < 1.29 is 14.0 Å². The van der Waals surface area contributed by atoms with E-state index in [2.05, 4.69) is 10.6 Å². The molecule has 27 heavy (non-hydrogen) atoms. The zero-order valence-corrected chi connectivity index (χ0v) is 16.0. The van der Waals surface area contributed by atoms with Crippen molar-refractivity contribution in [3.63, 3.8) is 0 Å². The molecule has 0 saturated carbocycles. The Balaban J connectivity index is 0.00000364. The van der Waals surface area contributed by atoms with Gasteiger partial charge in [-0.1, -0.05) is 37.3 Å². The third kappa shape index (κ3) is 6.66. The second-order valence-corrected chi connectivity index (χ2v) is 6.11. The topological polar surface area (TPSA) is 84.2 Å². The van der Waals surface area contributed by atoms with E-state index in [0.717, 1.165) is 0 Å². The molecule has 0 aliphatic carbocycles. The molecule has 5 nitrogen and oxygen atoms in total. The molecule has 0 fully saturated rings. The van der Waals surface area contributed by atoms with Gasteiger partial charge in [0.1, 0.15) is 5.82 Å². The van der Waals surface area contributed by atoms with Crippen molar-refractivity contribution in [2.45, 2.75) is 19.8 Å². The van der Waals surface area contributed by atoms with Crippen molar-refractivity contribution in [1.29, 1.82) is 0 Å². The maximum atomic E-state index is 13.7. The Morgan fingerprint density at radius 1 is 1.11 bits per heavy atom. The van der Waals surface area contributed by atoms with Crippen molar-refractivity contribution in [2.75, 3.05) is 18.4 Å². The molecule has 0 saturated heterocycles. The van der Waals surface area contributed by atoms with Gasteiger partial charge in [-0.2, -0.15) is 0 Å². The van der Waals surface area contributed by atoms with E-state index in [-0.39, 0.29) is 36.0 Å². The highest BCUT2D eigenvalue weighted by Crippen LogP contribution is 2.18. The van der Waals surface area contributed by atoms with Gasteiger partial charge >= 0.3 is 0 Å². The van der Waals surface area contributed by atoms with Gasteiger partial charge in [0.2, 0.25) is 5.91 Å². The summed E-state index contributed by atoms with van der Waals surface area (Å²) in [7, 11) is 0. The number of hydrogen-bond donors (Lipinski definition) is 3. The van der Waals surface area contributed by atoms with Crippen LogP contribution in [0, 0.1) is 11.7 Å². The number of nitrogens with one attached hydrogen (secondary N) is 2. The van der Waals surface area contributed by atoms with Crippen molar-refractivity contribution in [3.8, 4) is 0 Å². The number of aryl methyl sites for hydroxylation is 1. The third-order valence-electron chi connectivity index (χ3n) is 4.11. The number of carbonyl (C=O) groups excluding carboxylic acids is 2. The van der Waals surface area contributed by atoms with E-state index < -0.39 is 0 Å². The average Bonchev–Trinajstić information content (AvgIpc) is 2.65. The zero-order valence-electron chi connectivity index (χ0n) is 15.2. The van der Waals surface area contributed by atoms with Crippen LogP contribution >= 0.6 is 12.4 Å². The Bertz CT molecular complexity index is 770. The first-order valence-electron chi connectivity index (χ1n) is 8.64. The van der Waals surface area contributed by atoms with E-state index in [1.807, 2.05) is 0 Å². The summed E-state index contributed by atoms with van der Waals surface area (Å²) >= 11 is 0. The molecule has 2 amide bonds. The Hall–Kier alpha value is -2.44. The van der Waals surface area contributed by atoms with Crippen molar-refractivity contribution in [2.24, 2.45) is 11.7 Å². The van der Waals surface area contributed by atoms with Crippen LogP contribution in [0.15, 0.2) is 48.5 Å². The SMILES string of the molecule is CC(CCc1ccccc1F)C(=O)Nc1ccccc1C(=O)NCCN.Cl. The van der Waals surface area contributed by atoms with Crippen molar-refractivity contribution in [1.82, 2.24) is 5.32 Å². The molecule has 2 aromatic carbocycles. The van der Waals surface area contributed by atoms with Gasteiger partial charge in [-0.15, -0.1) is 12.4 Å². The highest BCUT2D eigenvalue weighted by molar-refractivity contribution is 6.04. The van der Waals surface area contributed by atoms with Crippen LogP contribution in [0.25, 0.3) is 0 Å². The van der Waals surface area contributed by atoms with Crippen LogP contribution in [0.4, 0.5) is 10.1 Å². The fraction of sp³-hybridized carbons (Fsp3) is 0.300. The lowest BCUT2D eigenvalue weighted by Gasteiger charge is -2.15. The number of halogens is 2. The predicted octanol–water partition coefficient (Wildman–Crippen LogP) is 3.14. The lowest BCUT2D eigenvalue weighted by Crippen LogP contribution is -2.30. The molecule has 0 aromatic heterocycles. The van der Waals surface area contributed by atoms with Crippen molar-refractivity contribution in [3.05, 3.63) is 65.5 Å². The molecule has 0 radical (unpaired) electrons. The smallest absolute Gasteiger partial charge is 0.253 e. The van der Waals surface area contributed by atoms with Gasteiger partial charge in [-0.25, -0.2) is 4.39 Å². The van der Waals surface area contributed by atoms with Gasteiger partial charge in [0.25, 0.3) is 5.91 Å². The average molecular weight is 394 g/mol. The first-order chi connectivity index (χ1) is 12.5. The largest absolute Gasteiger partial charge is 0.351 e. The number of hydrogen-bond acceptors (Lipinski definition) is 3. The molecule has 7 heteroatoms. The van der Waals surface area contributed by atoms with Crippen LogP contribution in [0.3, 0.4) is 0 Å².